The molecule has 5 heteroatoms. The van der Waals surface area contributed by atoms with Gasteiger partial charge in [0.1, 0.15) is 11.2 Å². The number of ether oxygens (including phenoxy) is 1. The fourth-order valence-electron chi connectivity index (χ4n) is 2.05. The summed E-state index contributed by atoms with van der Waals surface area (Å²) >= 11 is 3.36. The number of carbonyl (C=O) groups is 1. The SMILES string of the molecule is C#CCCCC(=O)OC[C@@H]1C(Br)=NO[C@@H]1c1ccccc1. The average Bonchev–Trinajstić information content (AvgIpc) is 2.87. The molecule has 0 amide bonds. The van der Waals surface area contributed by atoms with Crippen molar-refractivity contribution in [2.45, 2.75) is 25.4 Å². The molecule has 1 aromatic carbocycles. The number of hydrogen-bond acceptors (Lipinski definition) is 4. The van der Waals surface area contributed by atoms with E-state index in [0.717, 1.165) is 5.56 Å². The minimum atomic E-state index is -0.246. The third-order valence-electron chi connectivity index (χ3n) is 3.18. The second-order valence-electron chi connectivity index (χ2n) is 4.70. The summed E-state index contributed by atoms with van der Waals surface area (Å²) in [5.74, 6) is 2.13. The first kappa shape index (κ1) is 15.6. The molecule has 0 N–H and O–H groups in total. The van der Waals surface area contributed by atoms with Gasteiger partial charge in [-0.3, -0.25) is 4.79 Å². The van der Waals surface area contributed by atoms with Gasteiger partial charge < -0.3 is 9.57 Å². The molecule has 0 aromatic heterocycles. The topological polar surface area (TPSA) is 47.9 Å². The maximum Gasteiger partial charge on any atom is 0.305 e. The van der Waals surface area contributed by atoms with Crippen molar-refractivity contribution in [2.75, 3.05) is 6.61 Å². The van der Waals surface area contributed by atoms with Gasteiger partial charge >= 0.3 is 5.97 Å². The van der Waals surface area contributed by atoms with Crippen molar-refractivity contribution in [3.05, 3.63) is 35.9 Å². The average molecular weight is 350 g/mol. The second kappa shape index (κ2) is 7.84. The molecule has 0 unspecified atom stereocenters. The Balaban J connectivity index is 1.89. The second-order valence-corrected chi connectivity index (χ2v) is 5.51. The standard InChI is InChI=1S/C16H16BrNO3/c1-2-3-5-10-14(19)20-11-13-15(21-18-16(13)17)12-8-6-4-7-9-12/h1,4,6-9,13,15H,3,5,10-11H2/t13-,15+/m0/s1. The lowest BCUT2D eigenvalue weighted by Gasteiger charge is -2.17. The lowest BCUT2D eigenvalue weighted by Crippen LogP contribution is -2.22. The van der Waals surface area contributed by atoms with Crippen LogP contribution in [0, 0.1) is 18.3 Å². The van der Waals surface area contributed by atoms with Crippen molar-refractivity contribution in [2.24, 2.45) is 11.1 Å². The van der Waals surface area contributed by atoms with E-state index in [9.17, 15) is 4.79 Å². The molecule has 1 aliphatic rings. The van der Waals surface area contributed by atoms with Crippen LogP contribution in [0.4, 0.5) is 0 Å². The van der Waals surface area contributed by atoms with E-state index in [0.29, 0.717) is 23.9 Å². The number of unbranched alkanes of at least 4 members (excludes halogenated alkanes) is 1. The summed E-state index contributed by atoms with van der Waals surface area (Å²) in [6, 6.07) is 9.75. The molecule has 0 bridgehead atoms. The molecule has 1 heterocycles. The van der Waals surface area contributed by atoms with E-state index in [1.165, 1.54) is 0 Å². The molecule has 1 aliphatic heterocycles. The van der Waals surface area contributed by atoms with Crippen LogP contribution in [0.1, 0.15) is 30.9 Å². The third kappa shape index (κ3) is 4.33. The van der Waals surface area contributed by atoms with Crippen LogP contribution in [0.25, 0.3) is 0 Å². The van der Waals surface area contributed by atoms with Crippen LogP contribution in [0.3, 0.4) is 0 Å². The molecule has 4 nitrogen and oxygen atoms in total. The summed E-state index contributed by atoms with van der Waals surface area (Å²) in [5.41, 5.74) is 1.00. The van der Waals surface area contributed by atoms with Gasteiger partial charge in [-0.2, -0.15) is 0 Å². The molecule has 2 rings (SSSR count). The molecule has 0 fully saturated rings. The maximum atomic E-state index is 11.6. The lowest BCUT2D eigenvalue weighted by molar-refractivity contribution is -0.145. The Morgan fingerprint density at radius 3 is 2.90 bits per heavy atom. The van der Waals surface area contributed by atoms with Gasteiger partial charge in [-0.15, -0.1) is 12.3 Å². The fraction of sp³-hybridized carbons (Fsp3) is 0.375. The molecule has 0 saturated carbocycles. The van der Waals surface area contributed by atoms with Gasteiger partial charge in [-0.1, -0.05) is 35.5 Å². The van der Waals surface area contributed by atoms with E-state index in [1.54, 1.807) is 0 Å². The quantitative estimate of drug-likeness (QED) is 0.449. The van der Waals surface area contributed by atoms with Crippen molar-refractivity contribution < 1.29 is 14.4 Å². The van der Waals surface area contributed by atoms with E-state index >= 15 is 0 Å². The summed E-state index contributed by atoms with van der Waals surface area (Å²) < 4.78 is 5.96. The molecule has 0 saturated heterocycles. The summed E-state index contributed by atoms with van der Waals surface area (Å²) in [7, 11) is 0. The number of carbonyl (C=O) groups excluding carboxylic acids is 1. The number of oxime groups is 1. The summed E-state index contributed by atoms with van der Waals surface area (Å²) in [6.45, 7) is 0.235. The van der Waals surface area contributed by atoms with E-state index in [2.05, 4.69) is 27.0 Å². The normalized spacial score (nSPS) is 20.3. The van der Waals surface area contributed by atoms with Gasteiger partial charge in [-0.05, 0) is 27.9 Å². The van der Waals surface area contributed by atoms with E-state index in [-0.39, 0.29) is 24.6 Å². The Kier molecular flexibility index (Phi) is 5.82. The highest BCUT2D eigenvalue weighted by Gasteiger charge is 2.35. The zero-order valence-corrected chi connectivity index (χ0v) is 13.1. The van der Waals surface area contributed by atoms with E-state index < -0.39 is 0 Å². The number of rotatable bonds is 6. The van der Waals surface area contributed by atoms with E-state index in [4.69, 9.17) is 16.0 Å². The van der Waals surface area contributed by atoms with Crippen molar-refractivity contribution in [3.8, 4) is 12.3 Å². The molecular formula is C16H16BrNO3. The molecule has 21 heavy (non-hydrogen) atoms. The van der Waals surface area contributed by atoms with Crippen LogP contribution >= 0.6 is 15.9 Å². The summed E-state index contributed by atoms with van der Waals surface area (Å²) in [4.78, 5) is 17.1. The summed E-state index contributed by atoms with van der Waals surface area (Å²) in [6.07, 6.45) is 6.48. The van der Waals surface area contributed by atoms with Crippen LogP contribution in [0.5, 0.6) is 0 Å². The Bertz CT molecular complexity index is 550. The highest BCUT2D eigenvalue weighted by atomic mass is 79.9. The molecule has 0 spiro atoms. The zero-order chi connectivity index (χ0) is 15.1. The fourth-order valence-corrected chi connectivity index (χ4v) is 2.51. The van der Waals surface area contributed by atoms with Crippen molar-refractivity contribution >= 4 is 26.5 Å². The molecular weight excluding hydrogens is 334 g/mol. The van der Waals surface area contributed by atoms with Gasteiger partial charge in [0.15, 0.2) is 6.10 Å². The molecule has 2 atom stereocenters. The van der Waals surface area contributed by atoms with Gasteiger partial charge in [-0.25, -0.2) is 0 Å². The minimum Gasteiger partial charge on any atom is -0.465 e. The monoisotopic (exact) mass is 349 g/mol. The number of esters is 1. The molecule has 1 aromatic rings. The Morgan fingerprint density at radius 1 is 1.43 bits per heavy atom. The first-order valence-corrected chi connectivity index (χ1v) is 7.55. The van der Waals surface area contributed by atoms with Crippen molar-refractivity contribution in [1.82, 2.24) is 0 Å². The molecule has 0 aliphatic carbocycles. The summed E-state index contributed by atoms with van der Waals surface area (Å²) in [5, 5.41) is 3.94. The first-order chi connectivity index (χ1) is 10.2. The number of nitrogens with zero attached hydrogens (tertiary/aromatic N) is 1. The third-order valence-corrected chi connectivity index (χ3v) is 3.91. The van der Waals surface area contributed by atoms with Crippen molar-refractivity contribution in [1.29, 1.82) is 0 Å². The van der Waals surface area contributed by atoms with Crippen molar-refractivity contribution in [3.63, 3.8) is 0 Å². The predicted octanol–water partition coefficient (Wildman–Crippen LogP) is 3.43. The number of terminal acetylenes is 1. The maximum absolute atomic E-state index is 11.6. The minimum absolute atomic E-state index is 0.121. The van der Waals surface area contributed by atoms with Crippen LogP contribution < -0.4 is 0 Å². The number of hydrogen-bond donors (Lipinski definition) is 0. The largest absolute Gasteiger partial charge is 0.465 e. The van der Waals surface area contributed by atoms with Gasteiger partial charge in [0.05, 0.1) is 5.92 Å². The van der Waals surface area contributed by atoms with Gasteiger partial charge in [0.2, 0.25) is 0 Å². The smallest absolute Gasteiger partial charge is 0.305 e. The van der Waals surface area contributed by atoms with Crippen LogP contribution in [-0.2, 0) is 14.4 Å². The predicted molar refractivity (Wildman–Crippen MR) is 83.8 cm³/mol. The Labute approximate surface area is 132 Å². The number of benzene rings is 1. The number of halogens is 1. The van der Waals surface area contributed by atoms with E-state index in [1.807, 2.05) is 30.3 Å². The van der Waals surface area contributed by atoms with Gasteiger partial charge in [0.25, 0.3) is 0 Å². The van der Waals surface area contributed by atoms with Crippen LogP contribution in [-0.4, -0.2) is 17.2 Å². The molecule has 110 valence electrons. The lowest BCUT2D eigenvalue weighted by atomic mass is 9.98. The Hall–Kier alpha value is -1.80. The zero-order valence-electron chi connectivity index (χ0n) is 11.5. The highest BCUT2D eigenvalue weighted by molar-refractivity contribution is 9.18. The highest BCUT2D eigenvalue weighted by Crippen LogP contribution is 2.34. The van der Waals surface area contributed by atoms with Gasteiger partial charge in [0, 0.05) is 12.8 Å². The van der Waals surface area contributed by atoms with Crippen LogP contribution in [0.2, 0.25) is 0 Å². The molecule has 0 radical (unpaired) electrons. The Morgan fingerprint density at radius 2 is 2.19 bits per heavy atom. The first-order valence-electron chi connectivity index (χ1n) is 6.75. The van der Waals surface area contributed by atoms with Crippen LogP contribution in [0.15, 0.2) is 35.5 Å².